The normalized spacial score (nSPS) is 14.6. The Bertz CT molecular complexity index is 663. The van der Waals surface area contributed by atoms with Crippen LogP contribution in [0.3, 0.4) is 0 Å². The van der Waals surface area contributed by atoms with Crippen LogP contribution in [0.5, 0.6) is 0 Å². The Balaban J connectivity index is 1.75. The van der Waals surface area contributed by atoms with E-state index in [4.69, 9.17) is 5.73 Å². The van der Waals surface area contributed by atoms with Crippen LogP contribution in [0.15, 0.2) is 24.3 Å². The van der Waals surface area contributed by atoms with E-state index in [1.165, 1.54) is 0 Å². The first-order valence-electron chi connectivity index (χ1n) is 10.2. The number of nitrogens with zero attached hydrogens (tertiary/aromatic N) is 2. The first-order chi connectivity index (χ1) is 13.4. The van der Waals surface area contributed by atoms with E-state index >= 15 is 0 Å². The highest BCUT2D eigenvalue weighted by Crippen LogP contribution is 2.24. The molecule has 154 valence electrons. The van der Waals surface area contributed by atoms with E-state index < -0.39 is 0 Å². The summed E-state index contributed by atoms with van der Waals surface area (Å²) in [6.45, 7) is 6.93. The van der Waals surface area contributed by atoms with Crippen molar-refractivity contribution < 1.29 is 14.4 Å². The van der Waals surface area contributed by atoms with Crippen LogP contribution in [0.1, 0.15) is 46.0 Å². The summed E-state index contributed by atoms with van der Waals surface area (Å²) >= 11 is 0. The minimum absolute atomic E-state index is 0.0246. The zero-order valence-electron chi connectivity index (χ0n) is 16.9. The first kappa shape index (κ1) is 21.7. The minimum atomic E-state index is -0.212. The van der Waals surface area contributed by atoms with Crippen LogP contribution in [0, 0.1) is 5.92 Å². The number of nitrogens with one attached hydrogen (secondary N) is 1. The Morgan fingerprint density at radius 3 is 2.21 bits per heavy atom. The summed E-state index contributed by atoms with van der Waals surface area (Å²) in [6, 6.07) is 7.72. The van der Waals surface area contributed by atoms with E-state index in [1.54, 1.807) is 4.90 Å². The summed E-state index contributed by atoms with van der Waals surface area (Å²) < 4.78 is 0. The molecule has 0 radical (unpaired) electrons. The smallest absolute Gasteiger partial charge is 0.224 e. The van der Waals surface area contributed by atoms with Gasteiger partial charge in [0.1, 0.15) is 0 Å². The lowest BCUT2D eigenvalue weighted by Crippen LogP contribution is -2.38. The minimum Gasteiger partial charge on any atom is -0.371 e. The van der Waals surface area contributed by atoms with Gasteiger partial charge in [-0.2, -0.15) is 0 Å². The van der Waals surface area contributed by atoms with E-state index in [0.29, 0.717) is 32.4 Å². The fourth-order valence-corrected chi connectivity index (χ4v) is 3.54. The summed E-state index contributed by atoms with van der Waals surface area (Å²) in [6.07, 6.45) is 2.83. The van der Waals surface area contributed by atoms with Gasteiger partial charge in [0.15, 0.2) is 0 Å². The molecule has 1 aliphatic heterocycles. The summed E-state index contributed by atoms with van der Waals surface area (Å²) in [5, 5.41) is 2.88. The van der Waals surface area contributed by atoms with Crippen molar-refractivity contribution in [3.05, 3.63) is 24.3 Å². The van der Waals surface area contributed by atoms with Crippen LogP contribution in [0.2, 0.25) is 0 Å². The molecule has 0 bridgehead atoms. The van der Waals surface area contributed by atoms with Crippen LogP contribution in [-0.2, 0) is 14.4 Å². The van der Waals surface area contributed by atoms with Gasteiger partial charge in [-0.05, 0) is 57.4 Å². The predicted molar refractivity (Wildman–Crippen MR) is 111 cm³/mol. The maximum Gasteiger partial charge on any atom is 0.224 e. The average Bonchev–Trinajstić information content (AvgIpc) is 2.69. The van der Waals surface area contributed by atoms with Gasteiger partial charge < -0.3 is 20.9 Å². The lowest BCUT2D eigenvalue weighted by Gasteiger charge is -2.32. The van der Waals surface area contributed by atoms with Crippen LogP contribution < -0.4 is 16.0 Å². The third-order valence-electron chi connectivity index (χ3n) is 5.32. The van der Waals surface area contributed by atoms with E-state index in [2.05, 4.69) is 10.2 Å². The molecule has 0 saturated carbocycles. The molecular weight excluding hydrogens is 356 g/mol. The number of hydrogen-bond acceptors (Lipinski definition) is 4. The Morgan fingerprint density at radius 1 is 1.07 bits per heavy atom. The maximum atomic E-state index is 12.1. The number of carbonyl (C=O) groups is 3. The fourth-order valence-electron chi connectivity index (χ4n) is 3.54. The number of carbonyl (C=O) groups excluding carboxylic acids is 3. The zero-order valence-corrected chi connectivity index (χ0v) is 16.9. The Hall–Kier alpha value is -2.57. The largest absolute Gasteiger partial charge is 0.371 e. The number of amides is 3. The summed E-state index contributed by atoms with van der Waals surface area (Å²) in [5.41, 5.74) is 7.20. The van der Waals surface area contributed by atoms with Crippen LogP contribution >= 0.6 is 0 Å². The van der Waals surface area contributed by atoms with Gasteiger partial charge >= 0.3 is 0 Å². The maximum absolute atomic E-state index is 12.1. The molecule has 3 N–H and O–H groups in total. The quantitative estimate of drug-likeness (QED) is 0.679. The van der Waals surface area contributed by atoms with Crippen molar-refractivity contribution in [3.63, 3.8) is 0 Å². The van der Waals surface area contributed by atoms with Crippen molar-refractivity contribution in [2.45, 2.75) is 46.0 Å². The highest BCUT2D eigenvalue weighted by atomic mass is 16.2. The SMILES string of the molecule is CCN(CC)C(=O)CCCC(=O)Nc1ccc(N2CCC(C(N)=O)CC2)cc1. The number of rotatable bonds is 9. The molecule has 1 aliphatic rings. The highest BCUT2D eigenvalue weighted by molar-refractivity contribution is 5.91. The number of anilines is 2. The molecule has 3 amide bonds. The lowest BCUT2D eigenvalue weighted by atomic mass is 9.96. The van der Waals surface area contributed by atoms with Gasteiger partial charge in [0.2, 0.25) is 17.7 Å². The van der Waals surface area contributed by atoms with E-state index in [-0.39, 0.29) is 23.6 Å². The van der Waals surface area contributed by atoms with Crippen LogP contribution in [0.4, 0.5) is 11.4 Å². The van der Waals surface area contributed by atoms with Gasteiger partial charge in [-0.1, -0.05) is 0 Å². The summed E-state index contributed by atoms with van der Waals surface area (Å²) in [5.74, 6) is -0.218. The number of piperidine rings is 1. The molecule has 0 spiro atoms. The number of benzene rings is 1. The number of primary amides is 1. The molecule has 28 heavy (non-hydrogen) atoms. The third-order valence-corrected chi connectivity index (χ3v) is 5.32. The molecule has 0 unspecified atom stereocenters. The van der Waals surface area contributed by atoms with Crippen molar-refractivity contribution in [1.29, 1.82) is 0 Å². The van der Waals surface area contributed by atoms with Crippen LogP contribution in [0.25, 0.3) is 0 Å². The second-order valence-corrected chi connectivity index (χ2v) is 7.18. The molecule has 1 saturated heterocycles. The molecule has 1 aromatic carbocycles. The molecule has 7 heteroatoms. The molecule has 0 aliphatic carbocycles. The van der Waals surface area contributed by atoms with Crippen molar-refractivity contribution in [3.8, 4) is 0 Å². The molecule has 1 aromatic rings. The van der Waals surface area contributed by atoms with Gasteiger partial charge in [-0.3, -0.25) is 14.4 Å². The van der Waals surface area contributed by atoms with E-state index in [0.717, 1.165) is 37.3 Å². The topological polar surface area (TPSA) is 95.7 Å². The average molecular weight is 389 g/mol. The third kappa shape index (κ3) is 6.25. The Morgan fingerprint density at radius 2 is 1.68 bits per heavy atom. The van der Waals surface area contributed by atoms with Gasteiger partial charge in [0, 0.05) is 56.3 Å². The molecule has 7 nitrogen and oxygen atoms in total. The molecule has 2 rings (SSSR count). The lowest BCUT2D eigenvalue weighted by molar-refractivity contribution is -0.131. The Labute approximate surface area is 167 Å². The second-order valence-electron chi connectivity index (χ2n) is 7.18. The van der Waals surface area contributed by atoms with Crippen molar-refractivity contribution >= 4 is 29.1 Å². The molecule has 0 aromatic heterocycles. The Kier molecular flexibility index (Phi) is 8.29. The van der Waals surface area contributed by atoms with Crippen molar-refractivity contribution in [2.75, 3.05) is 36.4 Å². The predicted octanol–water partition coefficient (Wildman–Crippen LogP) is 2.37. The van der Waals surface area contributed by atoms with Crippen molar-refractivity contribution in [1.82, 2.24) is 4.90 Å². The van der Waals surface area contributed by atoms with Gasteiger partial charge in [-0.25, -0.2) is 0 Å². The molecule has 1 heterocycles. The van der Waals surface area contributed by atoms with E-state index in [9.17, 15) is 14.4 Å². The number of nitrogens with two attached hydrogens (primary N) is 1. The van der Waals surface area contributed by atoms with E-state index in [1.807, 2.05) is 38.1 Å². The second kappa shape index (κ2) is 10.7. The highest BCUT2D eigenvalue weighted by Gasteiger charge is 2.23. The van der Waals surface area contributed by atoms with Crippen molar-refractivity contribution in [2.24, 2.45) is 11.7 Å². The van der Waals surface area contributed by atoms with Gasteiger partial charge in [-0.15, -0.1) is 0 Å². The molecule has 0 atom stereocenters. The standard InChI is InChI=1S/C21H32N4O3/c1-3-24(4-2)20(27)7-5-6-19(26)23-17-8-10-18(11-9-17)25-14-12-16(13-15-25)21(22)28/h8-11,16H,3-7,12-15H2,1-2H3,(H2,22,28)(H,23,26). The monoisotopic (exact) mass is 388 g/mol. The fraction of sp³-hybridized carbons (Fsp3) is 0.571. The summed E-state index contributed by atoms with van der Waals surface area (Å²) in [4.78, 5) is 39.3. The van der Waals surface area contributed by atoms with Gasteiger partial charge in [0.05, 0.1) is 0 Å². The molecular formula is C21H32N4O3. The van der Waals surface area contributed by atoms with Crippen LogP contribution in [-0.4, -0.2) is 48.8 Å². The first-order valence-corrected chi connectivity index (χ1v) is 10.2. The zero-order chi connectivity index (χ0) is 20.5. The molecule has 1 fully saturated rings. The summed E-state index contributed by atoms with van der Waals surface area (Å²) in [7, 11) is 0. The number of hydrogen-bond donors (Lipinski definition) is 2. The van der Waals surface area contributed by atoms with Gasteiger partial charge in [0.25, 0.3) is 0 Å².